The van der Waals surface area contributed by atoms with E-state index in [1.165, 1.54) is 34.1 Å². The van der Waals surface area contributed by atoms with Gasteiger partial charge in [0.25, 0.3) is 0 Å². The molecule has 9 heteroatoms. The molecule has 0 saturated carbocycles. The molecular formula is C20H14N2O5S2. The predicted molar refractivity (Wildman–Crippen MR) is 114 cm³/mol. The number of aromatic nitrogens is 1. The van der Waals surface area contributed by atoms with Crippen molar-refractivity contribution >= 4 is 53.1 Å². The van der Waals surface area contributed by atoms with Crippen LogP contribution in [0.2, 0.25) is 0 Å². The van der Waals surface area contributed by atoms with Crippen LogP contribution < -0.4 is 4.74 Å². The van der Waals surface area contributed by atoms with E-state index in [-0.39, 0.29) is 17.2 Å². The number of methoxy groups -OCH3 is 1. The number of aromatic carboxylic acids is 1. The Morgan fingerprint density at radius 3 is 2.76 bits per heavy atom. The van der Waals surface area contributed by atoms with E-state index in [4.69, 9.17) is 17.0 Å². The van der Waals surface area contributed by atoms with Crippen LogP contribution >= 0.6 is 23.6 Å². The first-order valence-corrected chi connectivity index (χ1v) is 9.57. The van der Waals surface area contributed by atoms with Crippen LogP contribution in [0.25, 0.3) is 17.3 Å². The summed E-state index contributed by atoms with van der Waals surface area (Å²) in [7, 11) is 1.59. The highest BCUT2D eigenvalue weighted by Gasteiger charge is 2.18. The molecule has 0 saturated heterocycles. The van der Waals surface area contributed by atoms with Crippen molar-refractivity contribution in [1.82, 2.24) is 4.57 Å². The standard InChI is InChI=1S/C20H14N2O5S2/c1-27-12-3-4-13-10(9-21-15(13)8-12)6-17-18(24)22(20(28)29-17)11-2-5-16(23)14(7-11)19(25)26/h2-9,23-24H,1H3,(H,25,26). The SMILES string of the molecule is COc1ccc2c(c1)N=CC2=Cc1sc(=S)n(-c2ccc(O)c(C(=O)O)c2)c1O. The van der Waals surface area contributed by atoms with E-state index in [1.807, 2.05) is 18.2 Å². The first-order chi connectivity index (χ1) is 13.9. The molecule has 29 heavy (non-hydrogen) atoms. The van der Waals surface area contributed by atoms with Crippen molar-refractivity contribution in [3.63, 3.8) is 0 Å². The summed E-state index contributed by atoms with van der Waals surface area (Å²) in [5.74, 6) is -1.06. The number of benzene rings is 2. The number of carboxylic acids is 1. The second kappa shape index (κ2) is 7.19. The van der Waals surface area contributed by atoms with Crippen molar-refractivity contribution < 1.29 is 24.9 Å². The zero-order valence-corrected chi connectivity index (χ0v) is 16.6. The summed E-state index contributed by atoms with van der Waals surface area (Å²) in [6.45, 7) is 0. The second-order valence-corrected chi connectivity index (χ2v) is 7.81. The van der Waals surface area contributed by atoms with Gasteiger partial charge >= 0.3 is 5.97 Å². The van der Waals surface area contributed by atoms with E-state index in [0.717, 1.165) is 16.8 Å². The minimum absolute atomic E-state index is 0.120. The van der Waals surface area contributed by atoms with Gasteiger partial charge in [0.2, 0.25) is 5.88 Å². The number of allylic oxidation sites excluding steroid dienone is 1. The Kier molecular flexibility index (Phi) is 4.69. The van der Waals surface area contributed by atoms with Crippen LogP contribution in [0.5, 0.6) is 17.4 Å². The summed E-state index contributed by atoms with van der Waals surface area (Å²) in [6, 6.07) is 9.54. The molecule has 3 N–H and O–H groups in total. The van der Waals surface area contributed by atoms with Crippen LogP contribution in [-0.2, 0) is 0 Å². The van der Waals surface area contributed by atoms with Gasteiger partial charge in [0.1, 0.15) is 17.1 Å². The monoisotopic (exact) mass is 426 g/mol. The zero-order chi connectivity index (χ0) is 20.7. The quantitative estimate of drug-likeness (QED) is 0.525. The number of thiazole rings is 1. The fourth-order valence-corrected chi connectivity index (χ4v) is 4.29. The average Bonchev–Trinajstić information content (AvgIpc) is 3.22. The van der Waals surface area contributed by atoms with Crippen molar-refractivity contribution in [3.05, 3.63) is 56.4 Å². The van der Waals surface area contributed by atoms with E-state index in [0.29, 0.717) is 20.3 Å². The van der Waals surface area contributed by atoms with Crippen LogP contribution in [0.1, 0.15) is 20.8 Å². The van der Waals surface area contributed by atoms with Crippen LogP contribution in [-0.4, -0.2) is 39.2 Å². The number of carbonyl (C=O) groups is 1. The van der Waals surface area contributed by atoms with Crippen molar-refractivity contribution in [2.45, 2.75) is 0 Å². The Morgan fingerprint density at radius 1 is 1.24 bits per heavy atom. The highest BCUT2D eigenvalue weighted by atomic mass is 32.1. The Labute approximate surface area is 174 Å². The molecule has 2 heterocycles. The summed E-state index contributed by atoms with van der Waals surface area (Å²) in [4.78, 5) is 16.2. The molecule has 0 amide bonds. The molecular weight excluding hydrogens is 412 g/mol. The zero-order valence-electron chi connectivity index (χ0n) is 15.0. The van der Waals surface area contributed by atoms with Gasteiger partial charge in [-0.25, -0.2) is 4.79 Å². The van der Waals surface area contributed by atoms with E-state index in [1.54, 1.807) is 19.4 Å². The lowest BCUT2D eigenvalue weighted by molar-refractivity contribution is 0.0693. The molecule has 1 aliphatic heterocycles. The van der Waals surface area contributed by atoms with Gasteiger partial charge in [0, 0.05) is 23.4 Å². The molecule has 0 spiro atoms. The van der Waals surface area contributed by atoms with Gasteiger partial charge in [-0.2, -0.15) is 0 Å². The minimum atomic E-state index is -1.28. The Morgan fingerprint density at radius 2 is 2.03 bits per heavy atom. The molecule has 2 aromatic carbocycles. The molecule has 4 rings (SSSR count). The van der Waals surface area contributed by atoms with Gasteiger partial charge in [-0.1, -0.05) is 0 Å². The maximum absolute atomic E-state index is 11.3. The minimum Gasteiger partial charge on any atom is -0.507 e. The van der Waals surface area contributed by atoms with Crippen molar-refractivity contribution in [2.24, 2.45) is 4.99 Å². The molecule has 146 valence electrons. The highest BCUT2D eigenvalue weighted by Crippen LogP contribution is 2.38. The smallest absolute Gasteiger partial charge is 0.339 e. The van der Waals surface area contributed by atoms with Crippen LogP contribution in [0.15, 0.2) is 41.4 Å². The lowest BCUT2D eigenvalue weighted by atomic mass is 10.1. The van der Waals surface area contributed by atoms with E-state index in [9.17, 15) is 20.1 Å². The molecule has 0 unspecified atom stereocenters. The molecule has 1 aromatic heterocycles. The first-order valence-electron chi connectivity index (χ1n) is 8.34. The topological polar surface area (TPSA) is 104 Å². The van der Waals surface area contributed by atoms with Gasteiger partial charge < -0.3 is 20.1 Å². The third kappa shape index (κ3) is 3.30. The second-order valence-electron chi connectivity index (χ2n) is 6.14. The van der Waals surface area contributed by atoms with Gasteiger partial charge in [0.15, 0.2) is 3.95 Å². The lowest BCUT2D eigenvalue weighted by Crippen LogP contribution is -2.00. The summed E-state index contributed by atoms with van der Waals surface area (Å²) >= 11 is 6.55. The van der Waals surface area contributed by atoms with E-state index >= 15 is 0 Å². The van der Waals surface area contributed by atoms with Gasteiger partial charge in [0.05, 0.1) is 23.4 Å². The molecule has 0 atom stereocenters. The van der Waals surface area contributed by atoms with Crippen molar-refractivity contribution in [3.8, 4) is 23.1 Å². The number of phenols is 1. The molecule has 0 fully saturated rings. The molecule has 3 aromatic rings. The third-order valence-corrected chi connectivity index (χ3v) is 5.74. The van der Waals surface area contributed by atoms with Gasteiger partial charge in [-0.3, -0.25) is 9.56 Å². The fraction of sp³-hybridized carbons (Fsp3) is 0.0500. The average molecular weight is 426 g/mol. The number of ether oxygens (including phenoxy) is 1. The Balaban J connectivity index is 1.78. The summed E-state index contributed by atoms with van der Waals surface area (Å²) in [5.41, 5.74) is 2.53. The van der Waals surface area contributed by atoms with Gasteiger partial charge in [-0.05, 0) is 48.6 Å². The highest BCUT2D eigenvalue weighted by molar-refractivity contribution is 7.73. The van der Waals surface area contributed by atoms with Crippen LogP contribution in [0.4, 0.5) is 5.69 Å². The molecule has 0 bridgehead atoms. The Hall–Kier alpha value is -3.43. The van der Waals surface area contributed by atoms with Crippen molar-refractivity contribution in [2.75, 3.05) is 7.11 Å². The number of carboxylic acid groups (broad SMARTS) is 1. The van der Waals surface area contributed by atoms with E-state index < -0.39 is 5.97 Å². The summed E-state index contributed by atoms with van der Waals surface area (Å²) in [5, 5.41) is 29.7. The molecule has 7 nitrogen and oxygen atoms in total. The number of fused-ring (bicyclic) bond motifs is 1. The third-order valence-electron chi connectivity index (χ3n) is 4.43. The van der Waals surface area contributed by atoms with Crippen LogP contribution in [0.3, 0.4) is 0 Å². The lowest BCUT2D eigenvalue weighted by Gasteiger charge is -2.07. The number of hydrogen-bond donors (Lipinski definition) is 3. The predicted octanol–water partition coefficient (Wildman–Crippen LogP) is 4.64. The van der Waals surface area contributed by atoms with E-state index in [2.05, 4.69) is 4.99 Å². The number of aliphatic imine (C=N–C) groups is 1. The normalized spacial score (nSPS) is 13.6. The number of nitrogens with zero attached hydrogens (tertiary/aromatic N) is 2. The number of rotatable bonds is 4. The van der Waals surface area contributed by atoms with Gasteiger partial charge in [-0.15, -0.1) is 11.3 Å². The maximum Gasteiger partial charge on any atom is 0.339 e. The number of aromatic hydroxyl groups is 2. The maximum atomic E-state index is 11.3. The van der Waals surface area contributed by atoms with Crippen LogP contribution in [0, 0.1) is 3.95 Å². The summed E-state index contributed by atoms with van der Waals surface area (Å²) in [6.07, 6.45) is 3.46. The Bertz CT molecular complexity index is 1270. The first kappa shape index (κ1) is 18.9. The number of hydrogen-bond acceptors (Lipinski definition) is 7. The largest absolute Gasteiger partial charge is 0.507 e. The van der Waals surface area contributed by atoms with Crippen molar-refractivity contribution in [1.29, 1.82) is 0 Å². The molecule has 0 radical (unpaired) electrons. The summed E-state index contributed by atoms with van der Waals surface area (Å²) < 4.78 is 6.90. The fourth-order valence-electron chi connectivity index (χ4n) is 2.99. The molecule has 0 aliphatic carbocycles. The molecule has 1 aliphatic rings.